The van der Waals surface area contributed by atoms with Crippen molar-refractivity contribution in [3.05, 3.63) is 12.4 Å². The maximum atomic E-state index is 5.59. The maximum absolute atomic E-state index is 5.59. The van der Waals surface area contributed by atoms with Crippen LogP contribution < -0.4 is 15.0 Å². The third kappa shape index (κ3) is 5.16. The first-order valence-electron chi connectivity index (χ1n) is 8.24. The second kappa shape index (κ2) is 8.82. The molecule has 0 amide bonds. The average molecular weight is 292 g/mol. The Morgan fingerprint density at radius 2 is 2.05 bits per heavy atom. The van der Waals surface area contributed by atoms with Gasteiger partial charge in [-0.3, -0.25) is 0 Å². The molecule has 1 fully saturated rings. The summed E-state index contributed by atoms with van der Waals surface area (Å²) in [6.45, 7) is 9.44. The van der Waals surface area contributed by atoms with Crippen molar-refractivity contribution < 1.29 is 4.74 Å². The molecule has 1 aliphatic heterocycles. The van der Waals surface area contributed by atoms with E-state index in [1.165, 1.54) is 19.3 Å². The van der Waals surface area contributed by atoms with E-state index in [1.807, 2.05) is 6.07 Å². The van der Waals surface area contributed by atoms with Crippen molar-refractivity contribution in [2.75, 3.05) is 37.7 Å². The quantitative estimate of drug-likeness (QED) is 0.746. The molecule has 0 aliphatic carbocycles. The normalized spacial score (nSPS) is 16.2. The van der Waals surface area contributed by atoms with E-state index < -0.39 is 0 Å². The highest BCUT2D eigenvalue weighted by Crippen LogP contribution is 2.23. The van der Waals surface area contributed by atoms with Gasteiger partial charge in [0.25, 0.3) is 0 Å². The maximum Gasteiger partial charge on any atom is 0.218 e. The molecule has 2 rings (SSSR count). The van der Waals surface area contributed by atoms with Crippen LogP contribution in [-0.2, 0) is 0 Å². The Bertz CT molecular complexity index is 405. The fraction of sp³-hybridized carbons (Fsp3) is 0.750. The Kier molecular flexibility index (Phi) is 6.73. The predicted molar refractivity (Wildman–Crippen MR) is 85.9 cm³/mol. The minimum Gasteiger partial charge on any atom is -0.478 e. The summed E-state index contributed by atoms with van der Waals surface area (Å²) in [5.74, 6) is 2.48. The SMILES string of the molecule is CCCNCC1CCN(c2cc(OCCC)ncn2)CC1. The van der Waals surface area contributed by atoms with Crippen molar-refractivity contribution in [3.8, 4) is 5.88 Å². The fourth-order valence-electron chi connectivity index (χ4n) is 2.64. The van der Waals surface area contributed by atoms with Crippen LogP contribution in [0.3, 0.4) is 0 Å². The summed E-state index contributed by atoms with van der Waals surface area (Å²) >= 11 is 0. The van der Waals surface area contributed by atoms with Crippen molar-refractivity contribution >= 4 is 5.82 Å². The van der Waals surface area contributed by atoms with E-state index in [4.69, 9.17) is 4.74 Å². The van der Waals surface area contributed by atoms with Crippen LogP contribution in [0, 0.1) is 5.92 Å². The minimum absolute atomic E-state index is 0.689. The van der Waals surface area contributed by atoms with Crippen LogP contribution in [-0.4, -0.2) is 42.8 Å². The number of hydrogen-bond donors (Lipinski definition) is 1. The molecule has 0 bridgehead atoms. The van der Waals surface area contributed by atoms with Gasteiger partial charge in [-0.15, -0.1) is 0 Å². The number of rotatable bonds is 8. The topological polar surface area (TPSA) is 50.3 Å². The molecule has 118 valence electrons. The molecule has 5 nitrogen and oxygen atoms in total. The molecule has 2 heterocycles. The molecule has 21 heavy (non-hydrogen) atoms. The molecule has 0 spiro atoms. The lowest BCUT2D eigenvalue weighted by atomic mass is 9.97. The van der Waals surface area contributed by atoms with Gasteiger partial charge in [-0.05, 0) is 44.7 Å². The van der Waals surface area contributed by atoms with Crippen molar-refractivity contribution in [3.63, 3.8) is 0 Å². The first-order chi connectivity index (χ1) is 10.3. The molecule has 0 saturated carbocycles. The summed E-state index contributed by atoms with van der Waals surface area (Å²) in [5, 5.41) is 3.53. The summed E-state index contributed by atoms with van der Waals surface area (Å²) in [6, 6.07) is 1.96. The van der Waals surface area contributed by atoms with Crippen LogP contribution in [0.2, 0.25) is 0 Å². The number of aromatic nitrogens is 2. The molecule has 1 aromatic heterocycles. The zero-order valence-electron chi connectivity index (χ0n) is 13.3. The Labute approximate surface area is 128 Å². The van der Waals surface area contributed by atoms with E-state index in [9.17, 15) is 0 Å². The summed E-state index contributed by atoms with van der Waals surface area (Å²) in [7, 11) is 0. The van der Waals surface area contributed by atoms with Crippen LogP contribution in [0.15, 0.2) is 12.4 Å². The summed E-state index contributed by atoms with van der Waals surface area (Å²) in [5.41, 5.74) is 0. The van der Waals surface area contributed by atoms with Gasteiger partial charge < -0.3 is 15.0 Å². The van der Waals surface area contributed by atoms with E-state index >= 15 is 0 Å². The molecular formula is C16H28N4O. The first-order valence-corrected chi connectivity index (χ1v) is 8.24. The fourth-order valence-corrected chi connectivity index (χ4v) is 2.64. The van der Waals surface area contributed by atoms with Crippen LogP contribution in [0.1, 0.15) is 39.5 Å². The van der Waals surface area contributed by atoms with Gasteiger partial charge in [0.15, 0.2) is 0 Å². The highest BCUT2D eigenvalue weighted by molar-refractivity contribution is 5.41. The molecule has 0 unspecified atom stereocenters. The smallest absolute Gasteiger partial charge is 0.218 e. The summed E-state index contributed by atoms with van der Waals surface area (Å²) in [6.07, 6.45) is 6.27. The lowest BCUT2D eigenvalue weighted by molar-refractivity contribution is 0.304. The van der Waals surface area contributed by atoms with E-state index in [0.717, 1.165) is 44.3 Å². The van der Waals surface area contributed by atoms with Crippen LogP contribution in [0.25, 0.3) is 0 Å². The molecule has 0 radical (unpaired) electrons. The number of nitrogens with one attached hydrogen (secondary N) is 1. The Hall–Kier alpha value is -1.36. The summed E-state index contributed by atoms with van der Waals surface area (Å²) in [4.78, 5) is 10.9. The van der Waals surface area contributed by atoms with Crippen LogP contribution in [0.4, 0.5) is 5.82 Å². The number of nitrogens with zero attached hydrogens (tertiary/aromatic N) is 3. The summed E-state index contributed by atoms with van der Waals surface area (Å²) < 4.78 is 5.59. The van der Waals surface area contributed by atoms with Gasteiger partial charge in [0, 0.05) is 19.2 Å². The highest BCUT2D eigenvalue weighted by Gasteiger charge is 2.20. The largest absolute Gasteiger partial charge is 0.478 e. The Morgan fingerprint density at radius 1 is 1.24 bits per heavy atom. The lowest BCUT2D eigenvalue weighted by Gasteiger charge is -2.32. The molecule has 0 atom stereocenters. The van der Waals surface area contributed by atoms with Gasteiger partial charge >= 0.3 is 0 Å². The van der Waals surface area contributed by atoms with Crippen LogP contribution >= 0.6 is 0 Å². The molecule has 5 heteroatoms. The van der Waals surface area contributed by atoms with Gasteiger partial charge in [0.05, 0.1) is 6.61 Å². The van der Waals surface area contributed by atoms with E-state index in [1.54, 1.807) is 6.33 Å². The highest BCUT2D eigenvalue weighted by atomic mass is 16.5. The van der Waals surface area contributed by atoms with E-state index in [0.29, 0.717) is 12.5 Å². The van der Waals surface area contributed by atoms with Crippen LogP contribution in [0.5, 0.6) is 5.88 Å². The van der Waals surface area contributed by atoms with Gasteiger partial charge in [0.2, 0.25) is 5.88 Å². The lowest BCUT2D eigenvalue weighted by Crippen LogP contribution is -2.37. The third-order valence-corrected chi connectivity index (χ3v) is 3.88. The third-order valence-electron chi connectivity index (χ3n) is 3.88. The second-order valence-electron chi connectivity index (χ2n) is 5.70. The van der Waals surface area contributed by atoms with E-state index in [-0.39, 0.29) is 0 Å². The minimum atomic E-state index is 0.689. The molecule has 1 saturated heterocycles. The Balaban J connectivity index is 1.81. The van der Waals surface area contributed by atoms with Gasteiger partial charge in [-0.2, -0.15) is 0 Å². The second-order valence-corrected chi connectivity index (χ2v) is 5.70. The zero-order valence-corrected chi connectivity index (χ0v) is 13.3. The number of ether oxygens (including phenoxy) is 1. The molecule has 1 N–H and O–H groups in total. The average Bonchev–Trinajstić information content (AvgIpc) is 2.54. The van der Waals surface area contributed by atoms with Gasteiger partial charge in [-0.1, -0.05) is 13.8 Å². The monoisotopic (exact) mass is 292 g/mol. The molecule has 1 aromatic rings. The molecule has 1 aliphatic rings. The van der Waals surface area contributed by atoms with Gasteiger partial charge in [0.1, 0.15) is 12.1 Å². The number of hydrogen-bond acceptors (Lipinski definition) is 5. The van der Waals surface area contributed by atoms with Crippen molar-refractivity contribution in [1.29, 1.82) is 0 Å². The first kappa shape index (κ1) is 16.0. The number of anilines is 1. The van der Waals surface area contributed by atoms with Gasteiger partial charge in [-0.25, -0.2) is 9.97 Å². The van der Waals surface area contributed by atoms with Crippen molar-refractivity contribution in [2.45, 2.75) is 39.5 Å². The molecule has 0 aromatic carbocycles. The van der Waals surface area contributed by atoms with Crippen molar-refractivity contribution in [2.24, 2.45) is 5.92 Å². The standard InChI is InChI=1S/C16H28N4O/c1-3-7-17-12-14-5-8-20(9-6-14)15-11-16(19-13-18-15)21-10-4-2/h11,13-14,17H,3-10,12H2,1-2H3. The van der Waals surface area contributed by atoms with Crippen molar-refractivity contribution in [1.82, 2.24) is 15.3 Å². The Morgan fingerprint density at radius 3 is 2.76 bits per heavy atom. The zero-order chi connectivity index (χ0) is 14.9. The predicted octanol–water partition coefficient (Wildman–Crippen LogP) is 2.48. The van der Waals surface area contributed by atoms with E-state index in [2.05, 4.69) is 34.0 Å². The number of piperidine rings is 1. The molecular weight excluding hydrogens is 264 g/mol.